The minimum absolute atomic E-state index is 0.554. The number of nitrogens with two attached hydrogens (primary N) is 1. The third-order valence-corrected chi connectivity index (χ3v) is 5.17. The van der Waals surface area contributed by atoms with Gasteiger partial charge in [0.25, 0.3) is 0 Å². The molecule has 0 aliphatic heterocycles. The fourth-order valence-electron chi connectivity index (χ4n) is 3.86. The van der Waals surface area contributed by atoms with Crippen LogP contribution in [0.4, 0.5) is 0 Å². The summed E-state index contributed by atoms with van der Waals surface area (Å²) in [6.07, 6.45) is 4.12. The zero-order chi connectivity index (χ0) is 9.91. The second-order valence-corrected chi connectivity index (χ2v) is 6.28. The van der Waals surface area contributed by atoms with Crippen LogP contribution in [0.2, 0.25) is 0 Å². The Bertz CT molecular complexity index is 209. The summed E-state index contributed by atoms with van der Waals surface area (Å²) >= 11 is 0. The van der Waals surface area contributed by atoms with Crippen molar-refractivity contribution < 1.29 is 0 Å². The first kappa shape index (κ1) is 9.51. The molecule has 2 aliphatic rings. The first-order valence-electron chi connectivity index (χ1n) is 5.58. The van der Waals surface area contributed by atoms with E-state index in [4.69, 9.17) is 5.73 Å². The number of rotatable bonds is 3. The Morgan fingerprint density at radius 2 is 1.54 bits per heavy atom. The fourth-order valence-corrected chi connectivity index (χ4v) is 3.86. The minimum atomic E-state index is 0.554. The Morgan fingerprint density at radius 3 is 1.77 bits per heavy atom. The molecule has 0 amide bonds. The van der Waals surface area contributed by atoms with Crippen LogP contribution >= 0.6 is 0 Å². The van der Waals surface area contributed by atoms with Gasteiger partial charge in [-0.25, -0.2) is 0 Å². The largest absolute Gasteiger partial charge is 0.330 e. The van der Waals surface area contributed by atoms with E-state index < -0.39 is 0 Å². The van der Waals surface area contributed by atoms with Crippen molar-refractivity contribution >= 4 is 0 Å². The summed E-state index contributed by atoms with van der Waals surface area (Å²) in [5, 5.41) is 0. The predicted octanol–water partition coefficient (Wildman–Crippen LogP) is 2.80. The van der Waals surface area contributed by atoms with Crippen molar-refractivity contribution in [1.29, 1.82) is 0 Å². The third-order valence-electron chi connectivity index (χ3n) is 5.17. The van der Waals surface area contributed by atoms with Gasteiger partial charge < -0.3 is 5.73 Å². The molecule has 13 heavy (non-hydrogen) atoms. The van der Waals surface area contributed by atoms with Gasteiger partial charge in [0.15, 0.2) is 0 Å². The molecule has 1 nitrogen and oxygen atoms in total. The van der Waals surface area contributed by atoms with Crippen LogP contribution in [0.5, 0.6) is 0 Å². The zero-order valence-electron chi connectivity index (χ0n) is 9.48. The first-order valence-corrected chi connectivity index (χ1v) is 5.58. The smallest absolute Gasteiger partial charge is 0.00719 e. The highest BCUT2D eigenvalue weighted by Crippen LogP contribution is 2.80. The first-order chi connectivity index (χ1) is 5.88. The molecule has 0 heterocycles. The van der Waals surface area contributed by atoms with Crippen LogP contribution in [-0.4, -0.2) is 6.54 Å². The van der Waals surface area contributed by atoms with E-state index in [0.29, 0.717) is 16.2 Å². The third kappa shape index (κ3) is 1.03. The lowest BCUT2D eigenvalue weighted by molar-refractivity contribution is 0.340. The Balaban J connectivity index is 2.13. The van der Waals surface area contributed by atoms with Crippen LogP contribution in [0.1, 0.15) is 47.0 Å². The number of hydrogen-bond acceptors (Lipinski definition) is 1. The second-order valence-electron chi connectivity index (χ2n) is 6.28. The van der Waals surface area contributed by atoms with E-state index >= 15 is 0 Å². The van der Waals surface area contributed by atoms with E-state index in [1.165, 1.54) is 19.3 Å². The molecule has 0 aromatic carbocycles. The summed E-state index contributed by atoms with van der Waals surface area (Å²) in [5.41, 5.74) is 7.46. The van der Waals surface area contributed by atoms with Crippen molar-refractivity contribution in [1.82, 2.24) is 0 Å². The summed E-state index contributed by atoms with van der Waals surface area (Å²) in [4.78, 5) is 0. The molecule has 76 valence electrons. The zero-order valence-corrected chi connectivity index (χ0v) is 9.48. The van der Waals surface area contributed by atoms with Crippen LogP contribution < -0.4 is 5.73 Å². The molecule has 0 spiro atoms. The molecule has 2 rings (SSSR count). The molecule has 0 unspecified atom stereocenters. The molecule has 2 fully saturated rings. The van der Waals surface area contributed by atoms with Crippen molar-refractivity contribution in [2.45, 2.75) is 47.0 Å². The molecule has 0 aromatic heterocycles. The summed E-state index contributed by atoms with van der Waals surface area (Å²) in [5.74, 6) is 0.927. The van der Waals surface area contributed by atoms with Crippen molar-refractivity contribution in [2.75, 3.05) is 6.54 Å². The molecular weight excluding hydrogens is 158 g/mol. The lowest BCUT2D eigenvalue weighted by Gasteiger charge is -2.16. The maximum Gasteiger partial charge on any atom is -0.00719 e. The monoisotopic (exact) mass is 181 g/mol. The highest BCUT2D eigenvalue weighted by Gasteiger charge is 2.74. The molecule has 2 aliphatic carbocycles. The maximum atomic E-state index is 5.70. The fraction of sp³-hybridized carbons (Fsp3) is 1.00. The summed E-state index contributed by atoms with van der Waals surface area (Å²) < 4.78 is 0. The van der Waals surface area contributed by atoms with Crippen LogP contribution in [0.15, 0.2) is 0 Å². The van der Waals surface area contributed by atoms with E-state index in [2.05, 4.69) is 27.7 Å². The van der Waals surface area contributed by atoms with Gasteiger partial charge in [0.05, 0.1) is 0 Å². The summed E-state index contributed by atoms with van der Waals surface area (Å²) in [7, 11) is 0. The van der Waals surface area contributed by atoms with E-state index in [-0.39, 0.29) is 0 Å². The van der Waals surface area contributed by atoms with Crippen LogP contribution in [0.3, 0.4) is 0 Å². The summed E-state index contributed by atoms with van der Waals surface area (Å²) in [6, 6.07) is 0. The van der Waals surface area contributed by atoms with Crippen molar-refractivity contribution in [3.05, 3.63) is 0 Å². The maximum absolute atomic E-state index is 5.70. The van der Waals surface area contributed by atoms with Gasteiger partial charge in [-0.3, -0.25) is 0 Å². The molecule has 2 N–H and O–H groups in total. The molecular formula is C12H23N. The van der Waals surface area contributed by atoms with Crippen molar-refractivity contribution in [2.24, 2.45) is 27.9 Å². The van der Waals surface area contributed by atoms with Gasteiger partial charge in [-0.15, -0.1) is 0 Å². The quantitative estimate of drug-likeness (QED) is 0.712. The average molecular weight is 181 g/mol. The van der Waals surface area contributed by atoms with Gasteiger partial charge in [0, 0.05) is 0 Å². The van der Waals surface area contributed by atoms with E-state index in [0.717, 1.165) is 12.5 Å². The molecule has 1 heteroatoms. The van der Waals surface area contributed by atoms with Gasteiger partial charge in [-0.1, -0.05) is 27.7 Å². The Morgan fingerprint density at radius 1 is 1.08 bits per heavy atom. The minimum Gasteiger partial charge on any atom is -0.330 e. The average Bonchev–Trinajstić information content (AvgIpc) is 2.76. The predicted molar refractivity (Wildman–Crippen MR) is 56.4 cm³/mol. The molecule has 0 radical (unpaired) electrons. The highest BCUT2D eigenvalue weighted by atomic mass is 14.8. The van der Waals surface area contributed by atoms with E-state index in [1.54, 1.807) is 0 Å². The van der Waals surface area contributed by atoms with Gasteiger partial charge in [-0.05, 0) is 48.0 Å². The van der Waals surface area contributed by atoms with Gasteiger partial charge >= 0.3 is 0 Å². The number of hydrogen-bond donors (Lipinski definition) is 1. The van der Waals surface area contributed by atoms with Crippen LogP contribution in [-0.2, 0) is 0 Å². The lowest BCUT2D eigenvalue weighted by atomic mass is 9.90. The molecule has 0 atom stereocenters. The topological polar surface area (TPSA) is 26.0 Å². The van der Waals surface area contributed by atoms with Gasteiger partial charge in [0.2, 0.25) is 0 Å². The Kier molecular flexibility index (Phi) is 1.69. The van der Waals surface area contributed by atoms with Gasteiger partial charge in [-0.2, -0.15) is 0 Å². The molecule has 2 saturated carbocycles. The van der Waals surface area contributed by atoms with Crippen molar-refractivity contribution in [3.63, 3.8) is 0 Å². The Hall–Kier alpha value is -0.0400. The van der Waals surface area contributed by atoms with E-state index in [9.17, 15) is 0 Å². The normalized spacial score (nSPS) is 33.0. The van der Waals surface area contributed by atoms with E-state index in [1.807, 2.05) is 0 Å². The molecule has 0 saturated heterocycles. The Labute approximate surface area is 82.1 Å². The van der Waals surface area contributed by atoms with Crippen LogP contribution in [0.25, 0.3) is 0 Å². The second kappa shape index (κ2) is 2.31. The summed E-state index contributed by atoms with van der Waals surface area (Å²) in [6.45, 7) is 10.6. The van der Waals surface area contributed by atoms with Gasteiger partial charge in [0.1, 0.15) is 0 Å². The van der Waals surface area contributed by atoms with Crippen molar-refractivity contribution in [3.8, 4) is 0 Å². The standard InChI is InChI=1S/C12H23N/c1-10(2)9(11(10,3)4)12(5-6-12)7-8-13/h9H,5-8,13H2,1-4H3. The molecule has 0 bridgehead atoms. The highest BCUT2D eigenvalue weighted by molar-refractivity contribution is 5.22. The molecule has 0 aromatic rings. The SMILES string of the molecule is CC1(C)C(C2(CCN)CC2)C1(C)C. The van der Waals surface area contributed by atoms with Crippen LogP contribution in [0, 0.1) is 22.2 Å². The lowest BCUT2D eigenvalue weighted by Crippen LogP contribution is -2.14.